The van der Waals surface area contributed by atoms with Gasteiger partial charge in [-0.25, -0.2) is 0 Å². The van der Waals surface area contributed by atoms with E-state index in [1.807, 2.05) is 0 Å². The van der Waals surface area contributed by atoms with E-state index in [1.54, 1.807) is 0 Å². The zero-order valence-corrected chi connectivity index (χ0v) is 10.7. The number of nitriles is 1. The summed E-state index contributed by atoms with van der Waals surface area (Å²) in [7, 11) is 0. The maximum atomic E-state index is 8.85. The Morgan fingerprint density at radius 3 is 2.53 bits per heavy atom. The Kier molecular flexibility index (Phi) is 4.42. The molecule has 0 saturated heterocycles. The molecule has 1 atom stereocenters. The molecule has 1 nitrogen and oxygen atoms in total. The van der Waals surface area contributed by atoms with E-state index >= 15 is 0 Å². The molecule has 1 heteroatoms. The van der Waals surface area contributed by atoms with Crippen LogP contribution in [0.1, 0.15) is 51.4 Å². The van der Waals surface area contributed by atoms with Gasteiger partial charge in [-0.1, -0.05) is 12.2 Å². The van der Waals surface area contributed by atoms with E-state index in [0.717, 1.165) is 36.2 Å². The second-order valence-electron chi connectivity index (χ2n) is 5.68. The molecule has 0 aromatic heterocycles. The smallest absolute Gasteiger partial charge is 0.0943 e. The van der Waals surface area contributed by atoms with Gasteiger partial charge < -0.3 is 0 Å². The predicted molar refractivity (Wildman–Crippen MR) is 71.3 cm³/mol. The Balaban J connectivity index is 1.80. The molecular weight excluding hydrogens is 206 g/mol. The highest BCUT2D eigenvalue weighted by atomic mass is 14.3. The summed E-state index contributed by atoms with van der Waals surface area (Å²) in [6.45, 7) is 3.84. The van der Waals surface area contributed by atoms with Crippen molar-refractivity contribution >= 4 is 0 Å². The molecule has 2 aliphatic carbocycles. The van der Waals surface area contributed by atoms with Gasteiger partial charge in [0.05, 0.1) is 6.07 Å². The fraction of sp³-hybridized carbons (Fsp3) is 0.688. The lowest BCUT2D eigenvalue weighted by molar-refractivity contribution is 0.194. The summed E-state index contributed by atoms with van der Waals surface area (Å²) in [6, 6.07) is 2.30. The van der Waals surface area contributed by atoms with E-state index in [-0.39, 0.29) is 0 Å². The zero-order valence-electron chi connectivity index (χ0n) is 10.7. The van der Waals surface area contributed by atoms with Crippen LogP contribution in [0.3, 0.4) is 0 Å². The van der Waals surface area contributed by atoms with E-state index in [1.165, 1.54) is 38.5 Å². The van der Waals surface area contributed by atoms with E-state index in [4.69, 9.17) is 5.26 Å². The first-order valence-corrected chi connectivity index (χ1v) is 7.03. The van der Waals surface area contributed by atoms with Crippen LogP contribution in [0, 0.1) is 29.1 Å². The third-order valence-electron chi connectivity index (χ3n) is 4.65. The van der Waals surface area contributed by atoms with E-state index in [2.05, 4.69) is 24.8 Å². The normalized spacial score (nSPS) is 33.6. The molecular formula is C16H23N. The minimum atomic E-state index is 0.858. The first-order chi connectivity index (χ1) is 8.33. The van der Waals surface area contributed by atoms with Crippen LogP contribution < -0.4 is 0 Å². The molecule has 0 amide bonds. The molecule has 0 N–H and O–H groups in total. The van der Waals surface area contributed by atoms with Gasteiger partial charge in [-0.15, -0.1) is 6.58 Å². The quantitative estimate of drug-likeness (QED) is 0.648. The molecule has 0 aromatic carbocycles. The highest BCUT2D eigenvalue weighted by Crippen LogP contribution is 2.40. The molecule has 0 spiro atoms. The Morgan fingerprint density at radius 2 is 2.00 bits per heavy atom. The van der Waals surface area contributed by atoms with Crippen LogP contribution in [-0.2, 0) is 0 Å². The van der Waals surface area contributed by atoms with Gasteiger partial charge in [0.15, 0.2) is 0 Å². The summed E-state index contributed by atoms with van der Waals surface area (Å²) in [6.07, 6.45) is 14.5. The lowest BCUT2D eigenvalue weighted by Crippen LogP contribution is -2.23. The predicted octanol–water partition coefficient (Wildman–Crippen LogP) is 4.62. The maximum Gasteiger partial charge on any atom is 0.0943 e. The van der Waals surface area contributed by atoms with Crippen LogP contribution in [0.15, 0.2) is 24.3 Å². The second kappa shape index (κ2) is 6.05. The van der Waals surface area contributed by atoms with Crippen molar-refractivity contribution in [1.82, 2.24) is 0 Å². The van der Waals surface area contributed by atoms with Crippen LogP contribution in [-0.4, -0.2) is 0 Å². The number of allylic oxidation sites excluding steroid dienone is 3. The van der Waals surface area contributed by atoms with Gasteiger partial charge in [-0.05, 0) is 69.1 Å². The molecule has 0 aromatic rings. The summed E-state index contributed by atoms with van der Waals surface area (Å²) in [5, 5.41) is 8.85. The van der Waals surface area contributed by atoms with Gasteiger partial charge >= 0.3 is 0 Å². The lowest BCUT2D eigenvalue weighted by atomic mass is 9.71. The fourth-order valence-electron chi connectivity index (χ4n) is 3.52. The van der Waals surface area contributed by atoms with E-state index in [0.29, 0.717) is 0 Å². The van der Waals surface area contributed by atoms with Gasteiger partial charge in [0, 0.05) is 5.57 Å². The Labute approximate surface area is 105 Å². The number of rotatable bonds is 3. The Hall–Kier alpha value is -1.03. The maximum absolute atomic E-state index is 8.85. The molecule has 0 bridgehead atoms. The molecule has 17 heavy (non-hydrogen) atoms. The summed E-state index contributed by atoms with van der Waals surface area (Å²) >= 11 is 0. The Morgan fingerprint density at radius 1 is 1.24 bits per heavy atom. The summed E-state index contributed by atoms with van der Waals surface area (Å²) in [5.74, 6) is 2.68. The summed E-state index contributed by atoms with van der Waals surface area (Å²) < 4.78 is 0. The van der Waals surface area contributed by atoms with Crippen molar-refractivity contribution in [2.75, 3.05) is 0 Å². The van der Waals surface area contributed by atoms with Gasteiger partial charge in [-0.3, -0.25) is 0 Å². The van der Waals surface area contributed by atoms with Crippen molar-refractivity contribution in [3.05, 3.63) is 24.3 Å². The molecule has 2 rings (SSSR count). The van der Waals surface area contributed by atoms with Crippen molar-refractivity contribution in [2.24, 2.45) is 17.8 Å². The monoisotopic (exact) mass is 229 g/mol. The molecule has 92 valence electrons. The fourth-order valence-corrected chi connectivity index (χ4v) is 3.52. The van der Waals surface area contributed by atoms with Gasteiger partial charge in [0.2, 0.25) is 0 Å². The number of hydrogen-bond donors (Lipinski definition) is 0. The van der Waals surface area contributed by atoms with Crippen LogP contribution in [0.4, 0.5) is 0 Å². The average Bonchev–Trinajstić information content (AvgIpc) is 2.40. The number of hydrogen-bond acceptors (Lipinski definition) is 1. The molecule has 1 unspecified atom stereocenters. The standard InChI is InChI=1S/C16H23N/c1-2-3-13-4-8-15(9-5-13)16-10-6-14(12-17)7-11-16/h2,6,13,15-16H,1,3-5,7-11H2/t13-,15-,16?. The molecule has 0 radical (unpaired) electrons. The summed E-state index contributed by atoms with van der Waals surface area (Å²) in [4.78, 5) is 0. The minimum Gasteiger partial charge on any atom is -0.193 e. The average molecular weight is 229 g/mol. The Bertz CT molecular complexity index is 326. The van der Waals surface area contributed by atoms with E-state index in [9.17, 15) is 0 Å². The molecule has 1 saturated carbocycles. The number of nitrogens with zero attached hydrogens (tertiary/aromatic N) is 1. The SMILES string of the molecule is C=CC[C@H]1CC[C@H](C2CC=C(C#N)CC2)CC1. The van der Waals surface area contributed by atoms with Crippen molar-refractivity contribution < 1.29 is 0 Å². The van der Waals surface area contributed by atoms with Gasteiger partial charge in [0.1, 0.15) is 0 Å². The third-order valence-corrected chi connectivity index (χ3v) is 4.65. The van der Waals surface area contributed by atoms with Crippen LogP contribution in [0.25, 0.3) is 0 Å². The second-order valence-corrected chi connectivity index (χ2v) is 5.68. The lowest BCUT2D eigenvalue weighted by Gasteiger charge is -2.34. The molecule has 2 aliphatic rings. The largest absolute Gasteiger partial charge is 0.193 e. The highest BCUT2D eigenvalue weighted by Gasteiger charge is 2.28. The van der Waals surface area contributed by atoms with Crippen LogP contribution in [0.2, 0.25) is 0 Å². The van der Waals surface area contributed by atoms with Crippen molar-refractivity contribution in [3.8, 4) is 6.07 Å². The zero-order chi connectivity index (χ0) is 12.1. The molecule has 0 heterocycles. The highest BCUT2D eigenvalue weighted by molar-refractivity contribution is 5.22. The summed E-state index contributed by atoms with van der Waals surface area (Å²) in [5.41, 5.74) is 1.02. The molecule has 1 fully saturated rings. The van der Waals surface area contributed by atoms with Crippen molar-refractivity contribution in [2.45, 2.75) is 51.4 Å². The van der Waals surface area contributed by atoms with Crippen LogP contribution in [0.5, 0.6) is 0 Å². The third kappa shape index (κ3) is 3.22. The first-order valence-electron chi connectivity index (χ1n) is 7.03. The van der Waals surface area contributed by atoms with Gasteiger partial charge in [0.25, 0.3) is 0 Å². The van der Waals surface area contributed by atoms with Crippen LogP contribution >= 0.6 is 0 Å². The first kappa shape index (κ1) is 12.4. The topological polar surface area (TPSA) is 23.8 Å². The molecule has 0 aliphatic heterocycles. The van der Waals surface area contributed by atoms with Crippen molar-refractivity contribution in [3.63, 3.8) is 0 Å². The van der Waals surface area contributed by atoms with Crippen molar-refractivity contribution in [1.29, 1.82) is 5.26 Å². The van der Waals surface area contributed by atoms with E-state index < -0.39 is 0 Å². The van der Waals surface area contributed by atoms with Gasteiger partial charge in [-0.2, -0.15) is 5.26 Å². The minimum absolute atomic E-state index is 0.858.